The van der Waals surface area contributed by atoms with E-state index >= 15 is 0 Å². The van der Waals surface area contributed by atoms with Crippen molar-refractivity contribution in [3.05, 3.63) is 89.5 Å². The van der Waals surface area contributed by atoms with Gasteiger partial charge in [0.25, 0.3) is 11.8 Å². The van der Waals surface area contributed by atoms with Crippen molar-refractivity contribution in [2.45, 2.75) is 20.3 Å². The fourth-order valence-electron chi connectivity index (χ4n) is 2.90. The topological polar surface area (TPSA) is 67.4 Å². The molecule has 0 unspecified atom stereocenters. The zero-order valence-corrected chi connectivity index (χ0v) is 16.6. The highest BCUT2D eigenvalue weighted by atomic mass is 16.5. The maximum absolute atomic E-state index is 12.4. The predicted molar refractivity (Wildman–Crippen MR) is 116 cm³/mol. The van der Waals surface area contributed by atoms with E-state index in [-0.39, 0.29) is 18.4 Å². The van der Waals surface area contributed by atoms with Crippen molar-refractivity contribution in [3.8, 4) is 5.75 Å². The summed E-state index contributed by atoms with van der Waals surface area (Å²) >= 11 is 0. The van der Waals surface area contributed by atoms with Gasteiger partial charge >= 0.3 is 0 Å². The largest absolute Gasteiger partial charge is 0.484 e. The maximum atomic E-state index is 12.4. The molecule has 2 N–H and O–H groups in total. The van der Waals surface area contributed by atoms with Crippen LogP contribution in [0, 0.1) is 6.92 Å². The van der Waals surface area contributed by atoms with Gasteiger partial charge in [-0.25, -0.2) is 0 Å². The first-order valence-corrected chi connectivity index (χ1v) is 9.54. The number of ether oxygens (including phenoxy) is 1. The highest BCUT2D eigenvalue weighted by Gasteiger charge is 2.09. The van der Waals surface area contributed by atoms with Gasteiger partial charge in [0, 0.05) is 16.9 Å². The Hall–Kier alpha value is -3.60. The van der Waals surface area contributed by atoms with Crippen LogP contribution in [-0.2, 0) is 11.2 Å². The summed E-state index contributed by atoms with van der Waals surface area (Å²) in [5.41, 5.74) is 4.16. The lowest BCUT2D eigenvalue weighted by Crippen LogP contribution is -2.21. The van der Waals surface area contributed by atoms with Gasteiger partial charge in [0.1, 0.15) is 5.75 Å². The molecule has 0 aromatic heterocycles. The van der Waals surface area contributed by atoms with E-state index < -0.39 is 0 Å². The van der Waals surface area contributed by atoms with Gasteiger partial charge in [0.05, 0.1) is 0 Å². The molecule has 0 saturated carbocycles. The molecular weight excluding hydrogens is 364 g/mol. The number of carbonyl (C=O) groups excluding carboxylic acids is 2. The van der Waals surface area contributed by atoms with Crippen LogP contribution in [-0.4, -0.2) is 18.4 Å². The van der Waals surface area contributed by atoms with E-state index in [1.165, 1.54) is 0 Å². The molecule has 0 saturated heterocycles. The van der Waals surface area contributed by atoms with E-state index in [9.17, 15) is 9.59 Å². The summed E-state index contributed by atoms with van der Waals surface area (Å²) in [4.78, 5) is 24.6. The number of anilines is 2. The summed E-state index contributed by atoms with van der Waals surface area (Å²) in [6, 6.07) is 22.0. The van der Waals surface area contributed by atoms with E-state index in [0.29, 0.717) is 11.3 Å². The zero-order chi connectivity index (χ0) is 20.6. The first-order chi connectivity index (χ1) is 14.1. The average Bonchev–Trinajstić information content (AvgIpc) is 2.74. The van der Waals surface area contributed by atoms with Crippen LogP contribution in [0.5, 0.6) is 5.75 Å². The Bertz CT molecular complexity index is 997. The lowest BCUT2D eigenvalue weighted by molar-refractivity contribution is -0.118. The Kier molecular flexibility index (Phi) is 6.63. The molecule has 0 aliphatic rings. The van der Waals surface area contributed by atoms with Gasteiger partial charge in [-0.1, -0.05) is 43.3 Å². The highest BCUT2D eigenvalue weighted by molar-refractivity contribution is 6.04. The number of nitrogens with one attached hydrogen (secondary N) is 2. The number of rotatable bonds is 7. The van der Waals surface area contributed by atoms with E-state index in [2.05, 4.69) is 10.6 Å². The Labute approximate surface area is 170 Å². The Morgan fingerprint density at radius 1 is 0.828 bits per heavy atom. The van der Waals surface area contributed by atoms with Crippen molar-refractivity contribution in [3.63, 3.8) is 0 Å². The molecule has 29 heavy (non-hydrogen) atoms. The molecule has 0 radical (unpaired) electrons. The average molecular weight is 388 g/mol. The molecule has 5 heteroatoms. The van der Waals surface area contributed by atoms with Crippen molar-refractivity contribution in [1.82, 2.24) is 0 Å². The van der Waals surface area contributed by atoms with Gasteiger partial charge in [-0.2, -0.15) is 0 Å². The summed E-state index contributed by atoms with van der Waals surface area (Å²) in [6.07, 6.45) is 0.837. The van der Waals surface area contributed by atoms with E-state index in [1.54, 1.807) is 24.3 Å². The number of carbonyl (C=O) groups is 2. The molecule has 0 heterocycles. The highest BCUT2D eigenvalue weighted by Crippen LogP contribution is 2.18. The van der Waals surface area contributed by atoms with Crippen LogP contribution in [0.25, 0.3) is 0 Å². The third kappa shape index (κ3) is 5.45. The van der Waals surface area contributed by atoms with Gasteiger partial charge < -0.3 is 15.4 Å². The Morgan fingerprint density at radius 3 is 2.17 bits per heavy atom. The van der Waals surface area contributed by atoms with Crippen LogP contribution in [0.4, 0.5) is 11.4 Å². The summed E-state index contributed by atoms with van der Waals surface area (Å²) in [7, 11) is 0. The standard InChI is InChI=1S/C24H24N2O3/c1-3-18-9-5-7-11-22(18)25-23(27)16-29-20-14-12-19(13-15-20)24(28)26-21-10-6-4-8-17(21)2/h4-15H,3,16H2,1-2H3,(H,25,27)(H,26,28). The molecule has 0 spiro atoms. The van der Waals surface area contributed by atoms with Crippen molar-refractivity contribution in [1.29, 1.82) is 0 Å². The zero-order valence-electron chi connectivity index (χ0n) is 16.6. The van der Waals surface area contributed by atoms with Crippen LogP contribution in [0.3, 0.4) is 0 Å². The normalized spacial score (nSPS) is 10.3. The van der Waals surface area contributed by atoms with Crippen molar-refractivity contribution in [2.75, 3.05) is 17.2 Å². The molecule has 3 rings (SSSR count). The quantitative estimate of drug-likeness (QED) is 0.609. The smallest absolute Gasteiger partial charge is 0.262 e. The molecule has 148 valence electrons. The summed E-state index contributed by atoms with van der Waals surface area (Å²) in [5, 5.41) is 5.76. The lowest BCUT2D eigenvalue weighted by atomic mass is 10.1. The second kappa shape index (κ2) is 9.55. The van der Waals surface area contributed by atoms with Gasteiger partial charge in [0.15, 0.2) is 6.61 Å². The van der Waals surface area contributed by atoms with Crippen LogP contribution in [0.15, 0.2) is 72.8 Å². The molecule has 2 amide bonds. The summed E-state index contributed by atoms with van der Waals surface area (Å²) in [6.45, 7) is 3.88. The summed E-state index contributed by atoms with van der Waals surface area (Å²) in [5.74, 6) is 0.100. The predicted octanol–water partition coefficient (Wildman–Crippen LogP) is 4.83. The number of hydrogen-bond donors (Lipinski definition) is 2. The van der Waals surface area contributed by atoms with E-state index in [0.717, 1.165) is 28.9 Å². The van der Waals surface area contributed by atoms with Gasteiger partial charge in [-0.15, -0.1) is 0 Å². The van der Waals surface area contributed by atoms with Crippen LogP contribution in [0.1, 0.15) is 28.4 Å². The second-order valence-corrected chi connectivity index (χ2v) is 6.64. The molecule has 0 atom stereocenters. The van der Waals surface area contributed by atoms with Crippen molar-refractivity contribution in [2.24, 2.45) is 0 Å². The van der Waals surface area contributed by atoms with Gasteiger partial charge in [-0.3, -0.25) is 9.59 Å². The van der Waals surface area contributed by atoms with Crippen LogP contribution in [0.2, 0.25) is 0 Å². The minimum atomic E-state index is -0.229. The number of aryl methyl sites for hydroxylation is 2. The van der Waals surface area contributed by atoms with Gasteiger partial charge in [-0.05, 0) is 60.9 Å². The number of hydrogen-bond acceptors (Lipinski definition) is 3. The molecule has 0 aliphatic carbocycles. The molecule has 3 aromatic rings. The maximum Gasteiger partial charge on any atom is 0.262 e. The first-order valence-electron chi connectivity index (χ1n) is 9.54. The lowest BCUT2D eigenvalue weighted by Gasteiger charge is -2.11. The van der Waals surface area contributed by atoms with E-state index in [4.69, 9.17) is 4.74 Å². The molecule has 0 aliphatic heterocycles. The third-order valence-corrected chi connectivity index (χ3v) is 4.55. The fourth-order valence-corrected chi connectivity index (χ4v) is 2.90. The summed E-state index contributed by atoms with van der Waals surface area (Å²) < 4.78 is 5.54. The molecule has 0 bridgehead atoms. The van der Waals surface area contributed by atoms with Crippen molar-refractivity contribution < 1.29 is 14.3 Å². The Balaban J connectivity index is 1.54. The van der Waals surface area contributed by atoms with E-state index in [1.807, 2.05) is 62.4 Å². The molecular formula is C24H24N2O3. The Morgan fingerprint density at radius 2 is 1.48 bits per heavy atom. The first kappa shape index (κ1) is 20.1. The van der Waals surface area contributed by atoms with Gasteiger partial charge in [0.2, 0.25) is 0 Å². The van der Waals surface area contributed by atoms with Crippen LogP contribution < -0.4 is 15.4 Å². The number of amides is 2. The monoisotopic (exact) mass is 388 g/mol. The van der Waals surface area contributed by atoms with Crippen LogP contribution >= 0.6 is 0 Å². The fraction of sp³-hybridized carbons (Fsp3) is 0.167. The minimum Gasteiger partial charge on any atom is -0.484 e. The third-order valence-electron chi connectivity index (χ3n) is 4.55. The second-order valence-electron chi connectivity index (χ2n) is 6.64. The number of benzene rings is 3. The SMILES string of the molecule is CCc1ccccc1NC(=O)COc1ccc(C(=O)Nc2ccccc2C)cc1. The molecule has 3 aromatic carbocycles. The number of para-hydroxylation sites is 2. The molecule has 5 nitrogen and oxygen atoms in total. The minimum absolute atomic E-state index is 0.104. The molecule has 0 fully saturated rings. The van der Waals surface area contributed by atoms with Crippen molar-refractivity contribution >= 4 is 23.2 Å².